The van der Waals surface area contributed by atoms with Crippen LogP contribution in [0.3, 0.4) is 0 Å². The maximum Gasteiger partial charge on any atom is 0.310 e. The van der Waals surface area contributed by atoms with Gasteiger partial charge in [-0.25, -0.2) is 0 Å². The fourth-order valence-corrected chi connectivity index (χ4v) is 2.64. The molecule has 0 spiro atoms. The standard InChI is InChI=1S/C9H15NO2/c1-10-6-9(8(11)12)4-2-7(10)3-5-9/h7H,2-6H2,1H3,(H,11,12). The molecule has 2 heterocycles. The topological polar surface area (TPSA) is 40.5 Å². The van der Waals surface area contributed by atoms with Crippen LogP contribution in [0.25, 0.3) is 0 Å². The molecule has 1 aliphatic carbocycles. The van der Waals surface area contributed by atoms with Gasteiger partial charge in [-0.2, -0.15) is 0 Å². The summed E-state index contributed by atoms with van der Waals surface area (Å²) in [5, 5.41) is 9.10. The first-order valence-electron chi connectivity index (χ1n) is 4.58. The number of aliphatic carboxylic acids is 1. The third-order valence-corrected chi connectivity index (χ3v) is 3.54. The van der Waals surface area contributed by atoms with Gasteiger partial charge in [0.1, 0.15) is 0 Å². The lowest BCUT2D eigenvalue weighted by Crippen LogP contribution is -2.55. The molecule has 68 valence electrons. The summed E-state index contributed by atoms with van der Waals surface area (Å²) >= 11 is 0. The Morgan fingerprint density at radius 1 is 1.50 bits per heavy atom. The highest BCUT2D eigenvalue weighted by Gasteiger charge is 2.48. The van der Waals surface area contributed by atoms with Crippen molar-refractivity contribution >= 4 is 5.97 Å². The van der Waals surface area contributed by atoms with E-state index in [1.165, 1.54) is 0 Å². The van der Waals surface area contributed by atoms with E-state index in [1.807, 2.05) is 7.05 Å². The highest BCUT2D eigenvalue weighted by molar-refractivity contribution is 5.75. The molecule has 0 aromatic rings. The monoisotopic (exact) mass is 169 g/mol. The van der Waals surface area contributed by atoms with Gasteiger partial charge in [0.2, 0.25) is 0 Å². The van der Waals surface area contributed by atoms with Crippen molar-refractivity contribution in [3.05, 3.63) is 0 Å². The summed E-state index contributed by atoms with van der Waals surface area (Å²) < 4.78 is 0. The molecular weight excluding hydrogens is 154 g/mol. The van der Waals surface area contributed by atoms with E-state index >= 15 is 0 Å². The van der Waals surface area contributed by atoms with Crippen LogP contribution < -0.4 is 0 Å². The van der Waals surface area contributed by atoms with Crippen LogP contribution in [0.4, 0.5) is 0 Å². The van der Waals surface area contributed by atoms with Crippen molar-refractivity contribution in [2.24, 2.45) is 5.41 Å². The minimum absolute atomic E-state index is 0.399. The molecule has 3 heteroatoms. The molecule has 3 aliphatic rings. The first-order valence-corrected chi connectivity index (χ1v) is 4.58. The van der Waals surface area contributed by atoms with E-state index in [4.69, 9.17) is 5.11 Å². The molecule has 0 radical (unpaired) electrons. The molecule has 3 rings (SSSR count). The fraction of sp³-hybridized carbons (Fsp3) is 0.889. The number of carbonyl (C=O) groups is 1. The summed E-state index contributed by atoms with van der Waals surface area (Å²) in [6.45, 7) is 0.757. The zero-order valence-electron chi connectivity index (χ0n) is 7.42. The Balaban J connectivity index is 2.21. The molecule has 0 amide bonds. The van der Waals surface area contributed by atoms with Gasteiger partial charge in [0.15, 0.2) is 0 Å². The van der Waals surface area contributed by atoms with Crippen molar-refractivity contribution in [1.82, 2.24) is 4.90 Å². The molecular formula is C9H15NO2. The molecule has 0 aromatic carbocycles. The molecule has 2 aliphatic heterocycles. The summed E-state index contributed by atoms with van der Waals surface area (Å²) in [5.74, 6) is -0.590. The molecule has 0 atom stereocenters. The molecule has 12 heavy (non-hydrogen) atoms. The van der Waals surface area contributed by atoms with Crippen molar-refractivity contribution < 1.29 is 9.90 Å². The SMILES string of the molecule is CN1CC2(C(=O)O)CCC1CC2. The summed E-state index contributed by atoms with van der Waals surface area (Å²) in [6, 6.07) is 0.659. The van der Waals surface area contributed by atoms with Crippen molar-refractivity contribution in [2.45, 2.75) is 31.7 Å². The second-order valence-corrected chi connectivity index (χ2v) is 4.23. The Kier molecular flexibility index (Phi) is 1.65. The van der Waals surface area contributed by atoms with Crippen molar-refractivity contribution in [1.29, 1.82) is 0 Å². The van der Waals surface area contributed by atoms with Gasteiger partial charge >= 0.3 is 5.97 Å². The van der Waals surface area contributed by atoms with Crippen molar-refractivity contribution in [3.63, 3.8) is 0 Å². The first kappa shape index (κ1) is 8.05. The third-order valence-electron chi connectivity index (χ3n) is 3.54. The Labute approximate surface area is 72.4 Å². The van der Waals surface area contributed by atoms with E-state index in [2.05, 4.69) is 4.90 Å². The zero-order valence-corrected chi connectivity index (χ0v) is 7.42. The number of rotatable bonds is 1. The number of carboxylic acids is 1. The lowest BCUT2D eigenvalue weighted by molar-refractivity contribution is -0.158. The number of piperidine rings is 2. The maximum absolute atomic E-state index is 11.1. The number of fused-ring (bicyclic) bond motifs is 3. The van der Waals surface area contributed by atoms with Gasteiger partial charge in [0, 0.05) is 12.6 Å². The van der Waals surface area contributed by atoms with Crippen LogP contribution in [-0.2, 0) is 4.79 Å². The van der Waals surface area contributed by atoms with Gasteiger partial charge in [-0.05, 0) is 32.7 Å². The molecule has 2 bridgehead atoms. The lowest BCUT2D eigenvalue weighted by Gasteiger charge is -2.49. The van der Waals surface area contributed by atoms with E-state index in [9.17, 15) is 4.79 Å². The Morgan fingerprint density at radius 2 is 2.08 bits per heavy atom. The zero-order chi connectivity index (χ0) is 8.77. The van der Waals surface area contributed by atoms with E-state index in [1.54, 1.807) is 0 Å². The van der Waals surface area contributed by atoms with Crippen molar-refractivity contribution in [2.75, 3.05) is 13.6 Å². The maximum atomic E-state index is 11.1. The van der Waals surface area contributed by atoms with Gasteiger partial charge in [-0.3, -0.25) is 4.79 Å². The predicted octanol–water partition coefficient (Wildman–Crippen LogP) is 0.945. The van der Waals surface area contributed by atoms with E-state index in [0.29, 0.717) is 6.04 Å². The van der Waals surface area contributed by atoms with Crippen LogP contribution in [0.2, 0.25) is 0 Å². The Bertz CT molecular complexity index is 207. The summed E-state index contributed by atoms with van der Waals surface area (Å²) in [4.78, 5) is 13.3. The Morgan fingerprint density at radius 3 is 2.42 bits per heavy atom. The third kappa shape index (κ3) is 0.959. The second-order valence-electron chi connectivity index (χ2n) is 4.23. The molecule has 2 saturated heterocycles. The number of carboxylic acid groups (broad SMARTS) is 1. The molecule has 3 nitrogen and oxygen atoms in total. The van der Waals surface area contributed by atoms with E-state index in [0.717, 1.165) is 32.2 Å². The number of hydrogen-bond donors (Lipinski definition) is 1. The quantitative estimate of drug-likeness (QED) is 0.635. The average molecular weight is 169 g/mol. The Hall–Kier alpha value is -0.570. The van der Waals surface area contributed by atoms with Crippen LogP contribution >= 0.6 is 0 Å². The molecule has 1 saturated carbocycles. The molecule has 0 unspecified atom stereocenters. The van der Waals surface area contributed by atoms with E-state index in [-0.39, 0.29) is 0 Å². The van der Waals surface area contributed by atoms with Crippen LogP contribution in [-0.4, -0.2) is 35.6 Å². The predicted molar refractivity (Wildman–Crippen MR) is 45.0 cm³/mol. The highest BCUT2D eigenvalue weighted by atomic mass is 16.4. The number of hydrogen-bond acceptors (Lipinski definition) is 2. The van der Waals surface area contributed by atoms with Gasteiger partial charge in [-0.15, -0.1) is 0 Å². The largest absolute Gasteiger partial charge is 0.481 e. The first-order chi connectivity index (χ1) is 5.64. The average Bonchev–Trinajstić information content (AvgIpc) is 2.05. The van der Waals surface area contributed by atoms with E-state index < -0.39 is 11.4 Å². The van der Waals surface area contributed by atoms with Gasteiger partial charge < -0.3 is 10.0 Å². The van der Waals surface area contributed by atoms with Crippen LogP contribution in [0.5, 0.6) is 0 Å². The second kappa shape index (κ2) is 2.46. The molecule has 3 fully saturated rings. The molecule has 0 aromatic heterocycles. The lowest BCUT2D eigenvalue weighted by atomic mass is 9.68. The minimum atomic E-state index is -0.590. The van der Waals surface area contributed by atoms with Crippen LogP contribution in [0.15, 0.2) is 0 Å². The fourth-order valence-electron chi connectivity index (χ4n) is 2.64. The minimum Gasteiger partial charge on any atom is -0.481 e. The number of nitrogens with zero attached hydrogens (tertiary/aromatic N) is 1. The normalized spacial score (nSPS) is 41.6. The summed E-state index contributed by atoms with van der Waals surface area (Å²) in [6.07, 6.45) is 3.92. The van der Waals surface area contributed by atoms with Crippen molar-refractivity contribution in [3.8, 4) is 0 Å². The van der Waals surface area contributed by atoms with Crippen LogP contribution in [0.1, 0.15) is 25.7 Å². The summed E-state index contributed by atoms with van der Waals surface area (Å²) in [5.41, 5.74) is -0.399. The van der Waals surface area contributed by atoms with Gasteiger partial charge in [-0.1, -0.05) is 0 Å². The van der Waals surface area contributed by atoms with Gasteiger partial charge in [0.25, 0.3) is 0 Å². The smallest absolute Gasteiger partial charge is 0.310 e. The summed E-state index contributed by atoms with van der Waals surface area (Å²) in [7, 11) is 2.04. The highest BCUT2D eigenvalue weighted by Crippen LogP contribution is 2.43. The van der Waals surface area contributed by atoms with Gasteiger partial charge in [0.05, 0.1) is 5.41 Å². The molecule has 1 N–H and O–H groups in total. The van der Waals surface area contributed by atoms with Crippen LogP contribution in [0, 0.1) is 5.41 Å².